The summed E-state index contributed by atoms with van der Waals surface area (Å²) in [5.74, 6) is 0.561. The molecule has 0 amide bonds. The molecule has 1 heterocycles. The Hall–Kier alpha value is -0.785. The zero-order chi connectivity index (χ0) is 11.5. The second-order valence-electron chi connectivity index (χ2n) is 3.75. The molecule has 0 saturated carbocycles. The van der Waals surface area contributed by atoms with E-state index in [4.69, 9.17) is 20.2 Å². The maximum Gasteiger partial charge on any atom is 0.495 e. The summed E-state index contributed by atoms with van der Waals surface area (Å²) in [7, 11) is -0.934. The second kappa shape index (κ2) is 6.23. The van der Waals surface area contributed by atoms with E-state index in [-0.39, 0.29) is 25.6 Å². The molecule has 4 N–H and O–H groups in total. The number of ether oxygens (including phenoxy) is 1. The standard InChI is InChI=1S/C10H14BNO4.ClH/c12-8(4-13)6-15-9-3-1-2-7-5-16-11(14)10(7)9;/h1-3,8,13-14H,4-6,12H2;1H/t8-;/m1./s1. The van der Waals surface area contributed by atoms with Gasteiger partial charge < -0.3 is 25.3 Å². The van der Waals surface area contributed by atoms with Gasteiger partial charge in [-0.2, -0.15) is 0 Å². The van der Waals surface area contributed by atoms with E-state index in [1.54, 1.807) is 6.07 Å². The van der Waals surface area contributed by atoms with Crippen LogP contribution in [0.2, 0.25) is 0 Å². The molecule has 0 saturated heterocycles. The van der Waals surface area contributed by atoms with Gasteiger partial charge >= 0.3 is 7.12 Å². The average molecular weight is 259 g/mol. The lowest BCUT2D eigenvalue weighted by atomic mass is 9.79. The van der Waals surface area contributed by atoms with Gasteiger partial charge in [0.1, 0.15) is 12.4 Å². The van der Waals surface area contributed by atoms with E-state index in [2.05, 4.69) is 0 Å². The summed E-state index contributed by atoms with van der Waals surface area (Å²) in [5.41, 5.74) is 7.11. The largest absolute Gasteiger partial charge is 0.495 e. The Labute approximate surface area is 106 Å². The molecule has 1 aromatic rings. The van der Waals surface area contributed by atoms with E-state index >= 15 is 0 Å². The molecule has 0 bridgehead atoms. The first-order chi connectivity index (χ1) is 7.72. The highest BCUT2D eigenvalue weighted by Crippen LogP contribution is 2.18. The van der Waals surface area contributed by atoms with Gasteiger partial charge in [-0.05, 0) is 11.6 Å². The molecule has 0 spiro atoms. The summed E-state index contributed by atoms with van der Waals surface area (Å²) in [5, 5.41) is 18.4. The Bertz CT molecular complexity index is 379. The Morgan fingerprint density at radius 1 is 1.53 bits per heavy atom. The first kappa shape index (κ1) is 14.3. The van der Waals surface area contributed by atoms with Crippen molar-refractivity contribution in [2.24, 2.45) is 5.73 Å². The number of halogens is 1. The number of benzene rings is 1. The van der Waals surface area contributed by atoms with Crippen molar-refractivity contribution in [1.29, 1.82) is 0 Å². The maximum atomic E-state index is 9.60. The molecule has 2 rings (SSSR count). The van der Waals surface area contributed by atoms with E-state index in [1.807, 2.05) is 12.1 Å². The average Bonchev–Trinajstić information content (AvgIpc) is 2.69. The van der Waals surface area contributed by atoms with Gasteiger partial charge in [-0.25, -0.2) is 0 Å². The summed E-state index contributed by atoms with van der Waals surface area (Å²) in [4.78, 5) is 0. The van der Waals surface area contributed by atoms with Gasteiger partial charge in [0.25, 0.3) is 0 Å². The molecule has 0 fully saturated rings. The molecule has 0 radical (unpaired) electrons. The van der Waals surface area contributed by atoms with Crippen molar-refractivity contribution in [3.63, 3.8) is 0 Å². The van der Waals surface area contributed by atoms with Crippen LogP contribution in [0.3, 0.4) is 0 Å². The van der Waals surface area contributed by atoms with Crippen molar-refractivity contribution in [3.8, 4) is 5.75 Å². The summed E-state index contributed by atoms with van der Waals surface area (Å²) >= 11 is 0. The Morgan fingerprint density at radius 2 is 2.29 bits per heavy atom. The monoisotopic (exact) mass is 259 g/mol. The van der Waals surface area contributed by atoms with Crippen LogP contribution in [0.4, 0.5) is 0 Å². The normalized spacial score (nSPS) is 15.1. The predicted molar refractivity (Wildman–Crippen MR) is 66.6 cm³/mol. The quantitative estimate of drug-likeness (QED) is 0.606. The third-order valence-corrected chi connectivity index (χ3v) is 2.49. The van der Waals surface area contributed by atoms with E-state index in [0.717, 1.165) is 5.56 Å². The molecule has 94 valence electrons. The third-order valence-electron chi connectivity index (χ3n) is 2.49. The van der Waals surface area contributed by atoms with Crippen LogP contribution in [0.5, 0.6) is 5.75 Å². The van der Waals surface area contributed by atoms with Gasteiger partial charge in [-0.15, -0.1) is 12.4 Å². The molecule has 7 heteroatoms. The Kier molecular flexibility index (Phi) is 5.23. The fraction of sp³-hybridized carbons (Fsp3) is 0.400. The topological polar surface area (TPSA) is 84.9 Å². The number of rotatable bonds is 4. The number of fused-ring (bicyclic) bond motifs is 1. The lowest BCUT2D eigenvalue weighted by Gasteiger charge is -2.13. The smallest absolute Gasteiger partial charge is 0.492 e. The molecular formula is C10H15BClNO4. The van der Waals surface area contributed by atoms with Crippen LogP contribution in [0.25, 0.3) is 0 Å². The van der Waals surface area contributed by atoms with Crippen molar-refractivity contribution in [1.82, 2.24) is 0 Å². The highest BCUT2D eigenvalue weighted by Gasteiger charge is 2.30. The van der Waals surface area contributed by atoms with Gasteiger partial charge in [0.05, 0.1) is 19.3 Å². The van der Waals surface area contributed by atoms with Crippen molar-refractivity contribution >= 4 is 25.0 Å². The van der Waals surface area contributed by atoms with Gasteiger partial charge in [0.15, 0.2) is 0 Å². The first-order valence-corrected chi connectivity index (χ1v) is 5.13. The number of nitrogens with two attached hydrogens (primary N) is 1. The molecule has 1 atom stereocenters. The lowest BCUT2D eigenvalue weighted by molar-refractivity contribution is 0.207. The number of aliphatic hydroxyl groups excluding tert-OH is 1. The predicted octanol–water partition coefficient (Wildman–Crippen LogP) is -0.976. The minimum Gasteiger partial charge on any atom is -0.492 e. The summed E-state index contributed by atoms with van der Waals surface area (Å²) in [6.07, 6.45) is 0. The maximum absolute atomic E-state index is 9.60. The Morgan fingerprint density at radius 3 is 3.00 bits per heavy atom. The van der Waals surface area contributed by atoms with E-state index in [9.17, 15) is 5.02 Å². The van der Waals surface area contributed by atoms with Crippen molar-refractivity contribution in [3.05, 3.63) is 23.8 Å². The third kappa shape index (κ3) is 3.11. The SMILES string of the molecule is Cl.N[C@H](CO)COc1cccc2c1B(O)OC2. The highest BCUT2D eigenvalue weighted by atomic mass is 35.5. The molecule has 0 unspecified atom stereocenters. The van der Waals surface area contributed by atoms with Gasteiger partial charge in [0, 0.05) is 5.46 Å². The number of hydrogen-bond acceptors (Lipinski definition) is 5. The molecule has 0 aromatic heterocycles. The molecule has 17 heavy (non-hydrogen) atoms. The van der Waals surface area contributed by atoms with Crippen LogP contribution >= 0.6 is 12.4 Å². The minimum atomic E-state index is -0.934. The zero-order valence-electron chi connectivity index (χ0n) is 9.20. The molecule has 5 nitrogen and oxygen atoms in total. The minimum absolute atomic E-state index is 0. The molecular weight excluding hydrogens is 244 g/mol. The van der Waals surface area contributed by atoms with Crippen LogP contribution in [-0.2, 0) is 11.3 Å². The summed E-state index contributed by atoms with van der Waals surface area (Å²) in [6, 6.07) is 5.04. The summed E-state index contributed by atoms with van der Waals surface area (Å²) in [6.45, 7) is 0.466. The van der Waals surface area contributed by atoms with Crippen LogP contribution < -0.4 is 15.9 Å². The fourth-order valence-corrected chi connectivity index (χ4v) is 1.62. The number of hydrogen-bond donors (Lipinski definition) is 3. The summed E-state index contributed by atoms with van der Waals surface area (Å²) < 4.78 is 10.5. The molecule has 1 aliphatic rings. The molecule has 1 aromatic carbocycles. The van der Waals surface area contributed by atoms with Crippen LogP contribution in [0.1, 0.15) is 5.56 Å². The highest BCUT2D eigenvalue weighted by molar-refractivity contribution is 6.62. The lowest BCUT2D eigenvalue weighted by Crippen LogP contribution is -2.34. The van der Waals surface area contributed by atoms with Gasteiger partial charge in [0.2, 0.25) is 0 Å². The second-order valence-corrected chi connectivity index (χ2v) is 3.75. The zero-order valence-corrected chi connectivity index (χ0v) is 10.0. The van der Waals surface area contributed by atoms with Crippen LogP contribution in [-0.4, -0.2) is 36.5 Å². The van der Waals surface area contributed by atoms with Crippen LogP contribution in [0.15, 0.2) is 18.2 Å². The van der Waals surface area contributed by atoms with Crippen molar-refractivity contribution in [2.75, 3.05) is 13.2 Å². The van der Waals surface area contributed by atoms with Crippen molar-refractivity contribution < 1.29 is 19.5 Å². The van der Waals surface area contributed by atoms with Gasteiger partial charge in [-0.1, -0.05) is 12.1 Å². The van der Waals surface area contributed by atoms with Crippen molar-refractivity contribution in [2.45, 2.75) is 12.6 Å². The first-order valence-electron chi connectivity index (χ1n) is 5.13. The molecule has 1 aliphatic heterocycles. The Balaban J connectivity index is 0.00000144. The number of aliphatic hydroxyl groups is 1. The van der Waals surface area contributed by atoms with E-state index in [0.29, 0.717) is 17.8 Å². The fourth-order valence-electron chi connectivity index (χ4n) is 1.62. The van der Waals surface area contributed by atoms with Crippen LogP contribution in [0, 0.1) is 0 Å². The molecule has 0 aliphatic carbocycles. The van der Waals surface area contributed by atoms with Gasteiger partial charge in [-0.3, -0.25) is 0 Å². The van der Waals surface area contributed by atoms with E-state index in [1.165, 1.54) is 0 Å². The van der Waals surface area contributed by atoms with E-state index < -0.39 is 13.2 Å².